The summed E-state index contributed by atoms with van der Waals surface area (Å²) in [6, 6.07) is 8.34. The maximum atomic E-state index is 12.6. The fourth-order valence-corrected chi connectivity index (χ4v) is 3.25. The zero-order chi connectivity index (χ0) is 16.3. The molecule has 1 aromatic rings. The number of nitrogens with zero attached hydrogens (tertiary/aromatic N) is 1. The van der Waals surface area contributed by atoms with Crippen LogP contribution in [0, 0.1) is 0 Å². The summed E-state index contributed by atoms with van der Waals surface area (Å²) in [4.78, 5) is 37.6. The molecule has 0 bridgehead atoms. The number of ether oxygens (including phenoxy) is 1. The van der Waals surface area contributed by atoms with Crippen LogP contribution in [0.15, 0.2) is 30.3 Å². The molecule has 1 aromatic carbocycles. The lowest BCUT2D eigenvalue weighted by molar-refractivity contribution is -0.136. The van der Waals surface area contributed by atoms with E-state index in [4.69, 9.17) is 4.74 Å². The number of nitrogens with one attached hydrogen (secondary N) is 1. The van der Waals surface area contributed by atoms with Gasteiger partial charge in [0.2, 0.25) is 0 Å². The number of benzene rings is 1. The van der Waals surface area contributed by atoms with E-state index in [0.29, 0.717) is 18.6 Å². The summed E-state index contributed by atoms with van der Waals surface area (Å²) in [7, 11) is 0. The maximum absolute atomic E-state index is 12.6. The molecule has 23 heavy (non-hydrogen) atoms. The molecule has 0 unspecified atom stereocenters. The van der Waals surface area contributed by atoms with Crippen molar-refractivity contribution in [3.05, 3.63) is 30.3 Å². The molecule has 0 radical (unpaired) electrons. The van der Waals surface area contributed by atoms with Crippen molar-refractivity contribution in [1.82, 2.24) is 10.2 Å². The van der Waals surface area contributed by atoms with E-state index in [2.05, 4.69) is 5.32 Å². The fraction of sp³-hybridized carbons (Fsp3) is 0.471. The Kier molecular flexibility index (Phi) is 4.32. The van der Waals surface area contributed by atoms with Crippen LogP contribution in [0.4, 0.5) is 4.79 Å². The predicted octanol–water partition coefficient (Wildman–Crippen LogP) is 2.24. The lowest BCUT2D eigenvalue weighted by Crippen LogP contribution is -2.48. The molecule has 3 amide bonds. The fourth-order valence-electron chi connectivity index (χ4n) is 3.25. The Morgan fingerprint density at radius 2 is 1.83 bits per heavy atom. The molecule has 1 saturated heterocycles. The first-order chi connectivity index (χ1) is 11.1. The lowest BCUT2D eigenvalue weighted by Gasteiger charge is -2.30. The number of carbonyl (C=O) groups is 3. The first-order valence-electron chi connectivity index (χ1n) is 8.01. The minimum atomic E-state index is -0.737. The normalized spacial score (nSPS) is 19.7. The molecule has 6 heteroatoms. The number of rotatable bonds is 4. The van der Waals surface area contributed by atoms with Crippen LogP contribution in [0.25, 0.3) is 0 Å². The van der Waals surface area contributed by atoms with E-state index in [1.54, 1.807) is 24.3 Å². The van der Waals surface area contributed by atoms with Gasteiger partial charge in [0, 0.05) is 6.54 Å². The van der Waals surface area contributed by atoms with Gasteiger partial charge in [-0.15, -0.1) is 0 Å². The molecule has 0 aromatic heterocycles. The average molecular weight is 316 g/mol. The molecule has 2 fully saturated rings. The van der Waals surface area contributed by atoms with Gasteiger partial charge in [0.15, 0.2) is 0 Å². The molecule has 1 saturated carbocycles. The van der Waals surface area contributed by atoms with Crippen molar-refractivity contribution in [2.45, 2.75) is 44.1 Å². The third-order valence-corrected chi connectivity index (χ3v) is 4.47. The molecule has 3 rings (SSSR count). The smallest absolute Gasteiger partial charge is 0.325 e. The van der Waals surface area contributed by atoms with Crippen LogP contribution in [0.2, 0.25) is 0 Å². The third-order valence-electron chi connectivity index (χ3n) is 4.47. The predicted molar refractivity (Wildman–Crippen MR) is 82.8 cm³/mol. The van der Waals surface area contributed by atoms with Crippen LogP contribution in [0.1, 0.15) is 38.5 Å². The first kappa shape index (κ1) is 15.5. The summed E-state index contributed by atoms with van der Waals surface area (Å²) < 4.78 is 5.17. The summed E-state index contributed by atoms with van der Waals surface area (Å²) in [5.74, 6) is -0.199. The van der Waals surface area contributed by atoms with E-state index in [0.717, 1.165) is 24.2 Å². The van der Waals surface area contributed by atoms with Crippen LogP contribution >= 0.6 is 0 Å². The minimum absolute atomic E-state index is 0.00979. The lowest BCUT2D eigenvalue weighted by atomic mass is 9.82. The van der Waals surface area contributed by atoms with Gasteiger partial charge in [0.1, 0.15) is 11.3 Å². The molecule has 0 atom stereocenters. The number of urea groups is 1. The molecular formula is C17H20N2O4. The van der Waals surface area contributed by atoms with Crippen molar-refractivity contribution in [2.75, 3.05) is 6.54 Å². The number of esters is 1. The highest BCUT2D eigenvalue weighted by Gasteiger charge is 2.51. The Morgan fingerprint density at radius 1 is 1.13 bits per heavy atom. The molecule has 1 aliphatic carbocycles. The van der Waals surface area contributed by atoms with Crippen molar-refractivity contribution in [2.24, 2.45) is 0 Å². The van der Waals surface area contributed by atoms with E-state index < -0.39 is 17.5 Å². The molecule has 2 aliphatic rings. The number of hydrogen-bond acceptors (Lipinski definition) is 4. The number of carbonyl (C=O) groups excluding carboxylic acids is 3. The van der Waals surface area contributed by atoms with Crippen molar-refractivity contribution in [1.29, 1.82) is 0 Å². The SMILES string of the molecule is O=C(CCN1C(=O)NC2(CCCCC2)C1=O)Oc1ccccc1. The van der Waals surface area contributed by atoms with Crippen LogP contribution < -0.4 is 10.1 Å². The average Bonchev–Trinajstić information content (AvgIpc) is 2.77. The molecule has 1 heterocycles. The van der Waals surface area contributed by atoms with Gasteiger partial charge >= 0.3 is 12.0 Å². The third kappa shape index (κ3) is 3.21. The van der Waals surface area contributed by atoms with Gasteiger partial charge in [-0.25, -0.2) is 4.79 Å². The summed E-state index contributed by atoms with van der Waals surface area (Å²) in [5.41, 5.74) is -0.737. The van der Waals surface area contributed by atoms with E-state index in [1.165, 1.54) is 0 Å². The van der Waals surface area contributed by atoms with Gasteiger partial charge in [-0.1, -0.05) is 37.5 Å². The van der Waals surface area contributed by atoms with Crippen LogP contribution in [-0.2, 0) is 9.59 Å². The highest BCUT2D eigenvalue weighted by molar-refractivity contribution is 6.07. The summed E-state index contributed by atoms with van der Waals surface area (Å²) >= 11 is 0. The topological polar surface area (TPSA) is 75.7 Å². The molecule has 1 N–H and O–H groups in total. The zero-order valence-electron chi connectivity index (χ0n) is 12.9. The molecule has 1 aliphatic heterocycles. The van der Waals surface area contributed by atoms with Crippen LogP contribution in [-0.4, -0.2) is 34.9 Å². The van der Waals surface area contributed by atoms with E-state index >= 15 is 0 Å². The Bertz CT molecular complexity index is 608. The first-order valence-corrected chi connectivity index (χ1v) is 8.01. The van der Waals surface area contributed by atoms with Gasteiger partial charge in [0.05, 0.1) is 6.42 Å². The van der Waals surface area contributed by atoms with Gasteiger partial charge < -0.3 is 10.1 Å². The van der Waals surface area contributed by atoms with Crippen LogP contribution in [0.3, 0.4) is 0 Å². The molecule has 122 valence electrons. The number of para-hydroxylation sites is 1. The van der Waals surface area contributed by atoms with Gasteiger partial charge in [-0.2, -0.15) is 0 Å². The van der Waals surface area contributed by atoms with Gasteiger partial charge in [0.25, 0.3) is 5.91 Å². The Labute approximate surface area is 134 Å². The minimum Gasteiger partial charge on any atom is -0.426 e. The van der Waals surface area contributed by atoms with Gasteiger partial charge in [-0.05, 0) is 25.0 Å². The largest absolute Gasteiger partial charge is 0.426 e. The number of hydrogen-bond donors (Lipinski definition) is 1. The second kappa shape index (κ2) is 6.40. The molecule has 6 nitrogen and oxygen atoms in total. The van der Waals surface area contributed by atoms with Crippen molar-refractivity contribution in [3.63, 3.8) is 0 Å². The number of amides is 3. The zero-order valence-corrected chi connectivity index (χ0v) is 12.9. The monoisotopic (exact) mass is 316 g/mol. The Balaban J connectivity index is 1.56. The quantitative estimate of drug-likeness (QED) is 0.525. The summed E-state index contributed by atoms with van der Waals surface area (Å²) in [6.45, 7) is 0.0537. The van der Waals surface area contributed by atoms with E-state index in [9.17, 15) is 14.4 Å². The van der Waals surface area contributed by atoms with Gasteiger partial charge in [-0.3, -0.25) is 14.5 Å². The van der Waals surface area contributed by atoms with Crippen molar-refractivity contribution < 1.29 is 19.1 Å². The van der Waals surface area contributed by atoms with E-state index in [-0.39, 0.29) is 18.9 Å². The molecular weight excluding hydrogens is 296 g/mol. The Hall–Kier alpha value is -2.37. The van der Waals surface area contributed by atoms with Crippen molar-refractivity contribution >= 4 is 17.9 Å². The number of imide groups is 1. The standard InChI is InChI=1S/C17H20N2O4/c20-14(23-13-7-3-1-4-8-13)9-12-19-15(21)17(18-16(19)22)10-5-2-6-11-17/h1,3-4,7-8H,2,5-6,9-12H2,(H,18,22). The van der Waals surface area contributed by atoms with E-state index in [1.807, 2.05) is 6.07 Å². The highest BCUT2D eigenvalue weighted by Crippen LogP contribution is 2.33. The summed E-state index contributed by atoms with van der Waals surface area (Å²) in [6.07, 6.45) is 4.33. The maximum Gasteiger partial charge on any atom is 0.325 e. The second-order valence-electron chi connectivity index (χ2n) is 6.07. The second-order valence-corrected chi connectivity index (χ2v) is 6.07. The summed E-state index contributed by atoms with van der Waals surface area (Å²) in [5, 5.41) is 2.83. The molecule has 1 spiro atoms. The Morgan fingerprint density at radius 3 is 2.52 bits per heavy atom. The van der Waals surface area contributed by atoms with Crippen LogP contribution in [0.5, 0.6) is 5.75 Å². The van der Waals surface area contributed by atoms with Crippen molar-refractivity contribution in [3.8, 4) is 5.75 Å². The highest BCUT2D eigenvalue weighted by atomic mass is 16.5.